The SMILES string of the molecule is CC(C)(C)NCCOC(=O)OC1CC2C=CC1C2. The fraction of sp³-hybridized carbons (Fsp3) is 0.786. The molecule has 0 amide bonds. The molecule has 3 unspecified atom stereocenters. The van der Waals surface area contributed by atoms with Crippen molar-refractivity contribution in [3.63, 3.8) is 0 Å². The van der Waals surface area contributed by atoms with Crippen molar-refractivity contribution in [1.82, 2.24) is 5.32 Å². The van der Waals surface area contributed by atoms with Crippen molar-refractivity contribution in [1.29, 1.82) is 0 Å². The van der Waals surface area contributed by atoms with Crippen molar-refractivity contribution >= 4 is 6.16 Å². The molecule has 0 aromatic carbocycles. The number of carbonyl (C=O) groups excluding carboxylic acids is 1. The summed E-state index contributed by atoms with van der Waals surface area (Å²) in [7, 11) is 0. The molecule has 0 saturated heterocycles. The van der Waals surface area contributed by atoms with E-state index in [1.165, 1.54) is 0 Å². The summed E-state index contributed by atoms with van der Waals surface area (Å²) in [6, 6.07) is 0. The molecule has 0 spiro atoms. The molecule has 2 bridgehead atoms. The van der Waals surface area contributed by atoms with Gasteiger partial charge in [-0.05, 0) is 39.5 Å². The summed E-state index contributed by atoms with van der Waals surface area (Å²) in [5.74, 6) is 1.02. The second-order valence-electron chi connectivity index (χ2n) is 6.21. The summed E-state index contributed by atoms with van der Waals surface area (Å²) in [6.07, 6.45) is 5.97. The Morgan fingerprint density at radius 2 is 2.11 bits per heavy atom. The smallest absolute Gasteiger partial charge is 0.433 e. The number of ether oxygens (including phenoxy) is 2. The van der Waals surface area contributed by atoms with Crippen LogP contribution in [0.15, 0.2) is 12.2 Å². The van der Waals surface area contributed by atoms with Gasteiger partial charge in [-0.25, -0.2) is 4.79 Å². The van der Waals surface area contributed by atoms with Crippen molar-refractivity contribution in [3.05, 3.63) is 12.2 Å². The second kappa shape index (κ2) is 5.31. The molecule has 1 fully saturated rings. The first-order valence-corrected chi connectivity index (χ1v) is 6.71. The molecule has 3 atom stereocenters. The minimum absolute atomic E-state index is 0.0306. The molecule has 2 rings (SSSR count). The first kappa shape index (κ1) is 13.4. The third-order valence-electron chi connectivity index (χ3n) is 3.44. The molecule has 0 heterocycles. The van der Waals surface area contributed by atoms with Gasteiger partial charge in [-0.15, -0.1) is 0 Å². The monoisotopic (exact) mass is 253 g/mol. The van der Waals surface area contributed by atoms with E-state index in [1.54, 1.807) is 0 Å². The molecule has 4 nitrogen and oxygen atoms in total. The molecule has 2 aliphatic carbocycles. The highest BCUT2D eigenvalue weighted by Crippen LogP contribution is 2.40. The van der Waals surface area contributed by atoms with Crippen LogP contribution in [0.25, 0.3) is 0 Å². The zero-order valence-corrected chi connectivity index (χ0v) is 11.4. The predicted molar refractivity (Wildman–Crippen MR) is 69.3 cm³/mol. The molecule has 1 saturated carbocycles. The highest BCUT2D eigenvalue weighted by atomic mass is 16.7. The Bertz CT molecular complexity index is 332. The van der Waals surface area contributed by atoms with E-state index in [0.29, 0.717) is 25.0 Å². The quantitative estimate of drug-likeness (QED) is 0.475. The van der Waals surface area contributed by atoms with E-state index < -0.39 is 6.16 Å². The molecular weight excluding hydrogens is 230 g/mol. The number of fused-ring (bicyclic) bond motifs is 2. The summed E-state index contributed by atoms with van der Waals surface area (Å²) in [5.41, 5.74) is 0.0443. The normalized spacial score (nSPS) is 29.6. The lowest BCUT2D eigenvalue weighted by Crippen LogP contribution is -2.38. The van der Waals surface area contributed by atoms with Gasteiger partial charge in [-0.3, -0.25) is 0 Å². The van der Waals surface area contributed by atoms with E-state index in [1.807, 2.05) is 0 Å². The largest absolute Gasteiger partial charge is 0.508 e. The van der Waals surface area contributed by atoms with Gasteiger partial charge in [0.2, 0.25) is 0 Å². The van der Waals surface area contributed by atoms with Crippen molar-refractivity contribution in [3.8, 4) is 0 Å². The van der Waals surface area contributed by atoms with Crippen LogP contribution in [0.2, 0.25) is 0 Å². The fourth-order valence-electron chi connectivity index (χ4n) is 2.58. The molecular formula is C14H23NO3. The van der Waals surface area contributed by atoms with E-state index in [-0.39, 0.29) is 11.6 Å². The van der Waals surface area contributed by atoms with Gasteiger partial charge in [-0.1, -0.05) is 12.2 Å². The highest BCUT2D eigenvalue weighted by molar-refractivity contribution is 5.60. The summed E-state index contributed by atoms with van der Waals surface area (Å²) in [5, 5.41) is 3.25. The number of hydrogen-bond donors (Lipinski definition) is 1. The Balaban J connectivity index is 1.60. The van der Waals surface area contributed by atoms with E-state index in [2.05, 4.69) is 38.2 Å². The lowest BCUT2D eigenvalue weighted by Gasteiger charge is -2.21. The van der Waals surface area contributed by atoms with Gasteiger partial charge in [0, 0.05) is 18.0 Å². The Morgan fingerprint density at radius 3 is 2.67 bits per heavy atom. The van der Waals surface area contributed by atoms with Crippen LogP contribution in [0.1, 0.15) is 33.6 Å². The van der Waals surface area contributed by atoms with E-state index in [0.717, 1.165) is 12.8 Å². The lowest BCUT2D eigenvalue weighted by atomic mass is 10.1. The zero-order valence-electron chi connectivity index (χ0n) is 11.4. The molecule has 1 N–H and O–H groups in total. The molecule has 18 heavy (non-hydrogen) atoms. The molecule has 102 valence electrons. The molecule has 0 aromatic rings. The van der Waals surface area contributed by atoms with Crippen LogP contribution in [-0.4, -0.2) is 30.9 Å². The molecule has 0 radical (unpaired) electrons. The van der Waals surface area contributed by atoms with E-state index in [4.69, 9.17) is 9.47 Å². The third-order valence-corrected chi connectivity index (χ3v) is 3.44. The van der Waals surface area contributed by atoms with Gasteiger partial charge in [-0.2, -0.15) is 0 Å². The van der Waals surface area contributed by atoms with Crippen LogP contribution in [0.3, 0.4) is 0 Å². The van der Waals surface area contributed by atoms with Gasteiger partial charge >= 0.3 is 6.16 Å². The maximum absolute atomic E-state index is 11.5. The van der Waals surface area contributed by atoms with Crippen molar-refractivity contribution in [2.75, 3.05) is 13.2 Å². The van der Waals surface area contributed by atoms with E-state index in [9.17, 15) is 4.79 Å². The summed E-state index contributed by atoms with van der Waals surface area (Å²) >= 11 is 0. The Morgan fingerprint density at radius 1 is 1.33 bits per heavy atom. The highest BCUT2D eigenvalue weighted by Gasteiger charge is 2.38. The maximum Gasteiger partial charge on any atom is 0.508 e. The topological polar surface area (TPSA) is 47.6 Å². The average Bonchev–Trinajstić information content (AvgIpc) is 2.85. The third kappa shape index (κ3) is 3.73. The number of rotatable bonds is 4. The fourth-order valence-corrected chi connectivity index (χ4v) is 2.58. The Labute approximate surface area is 109 Å². The van der Waals surface area contributed by atoms with Crippen molar-refractivity contribution < 1.29 is 14.3 Å². The molecule has 0 aromatic heterocycles. The van der Waals surface area contributed by atoms with Gasteiger partial charge in [0.1, 0.15) is 12.7 Å². The van der Waals surface area contributed by atoms with Crippen molar-refractivity contribution in [2.45, 2.75) is 45.3 Å². The van der Waals surface area contributed by atoms with Crippen LogP contribution in [0.5, 0.6) is 0 Å². The number of carbonyl (C=O) groups is 1. The van der Waals surface area contributed by atoms with E-state index >= 15 is 0 Å². The number of allylic oxidation sites excluding steroid dienone is 1. The van der Waals surface area contributed by atoms with Crippen LogP contribution in [0.4, 0.5) is 4.79 Å². The lowest BCUT2D eigenvalue weighted by molar-refractivity contribution is 0.0151. The minimum atomic E-state index is -0.531. The second-order valence-corrected chi connectivity index (χ2v) is 6.21. The molecule has 4 heteroatoms. The van der Waals surface area contributed by atoms with Crippen LogP contribution in [0, 0.1) is 11.8 Å². The summed E-state index contributed by atoms with van der Waals surface area (Å²) < 4.78 is 10.4. The van der Waals surface area contributed by atoms with Gasteiger partial charge in [0.05, 0.1) is 0 Å². The first-order chi connectivity index (χ1) is 8.44. The molecule has 0 aliphatic heterocycles. The van der Waals surface area contributed by atoms with Gasteiger partial charge in [0.15, 0.2) is 0 Å². The Hall–Kier alpha value is -1.03. The molecule has 2 aliphatic rings. The standard InChI is InChI=1S/C14H23NO3/c1-14(2,3)15-6-7-17-13(16)18-12-9-10-4-5-11(12)8-10/h4-5,10-12,15H,6-9H2,1-3H3. The zero-order chi connectivity index (χ0) is 13.2. The summed E-state index contributed by atoms with van der Waals surface area (Å²) in [4.78, 5) is 11.5. The van der Waals surface area contributed by atoms with Crippen LogP contribution in [-0.2, 0) is 9.47 Å². The predicted octanol–water partition coefficient (Wildman–Crippen LogP) is 2.49. The maximum atomic E-state index is 11.5. The van der Waals surface area contributed by atoms with Crippen molar-refractivity contribution in [2.24, 2.45) is 11.8 Å². The average molecular weight is 253 g/mol. The Kier molecular flexibility index (Phi) is 3.95. The van der Waals surface area contributed by atoms with Gasteiger partial charge < -0.3 is 14.8 Å². The van der Waals surface area contributed by atoms with Crippen LogP contribution < -0.4 is 5.32 Å². The van der Waals surface area contributed by atoms with Gasteiger partial charge in [0.25, 0.3) is 0 Å². The van der Waals surface area contributed by atoms with Crippen LogP contribution >= 0.6 is 0 Å². The minimum Gasteiger partial charge on any atom is -0.433 e. The first-order valence-electron chi connectivity index (χ1n) is 6.71. The number of nitrogens with one attached hydrogen (secondary N) is 1. The summed E-state index contributed by atoms with van der Waals surface area (Å²) in [6.45, 7) is 7.23. The number of hydrogen-bond acceptors (Lipinski definition) is 4.